The van der Waals surface area contributed by atoms with Crippen molar-refractivity contribution in [3.63, 3.8) is 0 Å². The minimum atomic E-state index is -0.881. The highest BCUT2D eigenvalue weighted by Gasteiger charge is 2.35. The minimum Gasteiger partial charge on any atom is -0.480 e. The first-order valence-corrected chi connectivity index (χ1v) is 7.14. The summed E-state index contributed by atoms with van der Waals surface area (Å²) in [6, 6.07) is -0.616. The molecule has 96 valence electrons. The molecule has 2 heterocycles. The van der Waals surface area contributed by atoms with E-state index in [4.69, 9.17) is 5.11 Å². The Balaban J connectivity index is 1.88. The second-order valence-corrected chi connectivity index (χ2v) is 5.61. The summed E-state index contributed by atoms with van der Waals surface area (Å²) in [6.07, 6.45) is 2.54. The quantitative estimate of drug-likeness (QED) is 0.765. The third-order valence-electron chi connectivity index (χ3n) is 3.41. The van der Waals surface area contributed by atoms with E-state index in [0.717, 1.165) is 25.9 Å². The van der Waals surface area contributed by atoms with E-state index in [9.17, 15) is 9.59 Å². The summed E-state index contributed by atoms with van der Waals surface area (Å²) in [6.45, 7) is 1.93. The molecule has 6 heteroatoms. The average Bonchev–Trinajstić information content (AvgIpc) is 2.79. The topological polar surface area (TPSA) is 69.6 Å². The number of carboxylic acid groups (broad SMARTS) is 1. The van der Waals surface area contributed by atoms with E-state index in [1.54, 1.807) is 0 Å². The van der Waals surface area contributed by atoms with Crippen molar-refractivity contribution < 1.29 is 14.7 Å². The number of thioether (sulfide) groups is 1. The van der Waals surface area contributed by atoms with Crippen molar-refractivity contribution in [3.05, 3.63) is 0 Å². The van der Waals surface area contributed by atoms with Gasteiger partial charge in [-0.25, -0.2) is 4.79 Å². The number of piperidine rings is 1. The van der Waals surface area contributed by atoms with E-state index in [2.05, 4.69) is 5.32 Å². The van der Waals surface area contributed by atoms with Crippen LogP contribution in [0.4, 0.5) is 0 Å². The lowest BCUT2D eigenvalue weighted by molar-refractivity contribution is -0.148. The Kier molecular flexibility index (Phi) is 4.28. The molecule has 1 amide bonds. The molecule has 2 rings (SSSR count). The third-order valence-corrected chi connectivity index (χ3v) is 4.42. The monoisotopic (exact) mass is 258 g/mol. The number of carbonyl (C=O) groups is 2. The first kappa shape index (κ1) is 12.7. The summed E-state index contributed by atoms with van der Waals surface area (Å²) < 4.78 is 0. The van der Waals surface area contributed by atoms with Crippen LogP contribution >= 0.6 is 11.8 Å². The summed E-state index contributed by atoms with van der Waals surface area (Å²) in [7, 11) is 0. The van der Waals surface area contributed by atoms with Gasteiger partial charge in [-0.1, -0.05) is 0 Å². The van der Waals surface area contributed by atoms with E-state index < -0.39 is 12.0 Å². The van der Waals surface area contributed by atoms with E-state index in [1.807, 2.05) is 0 Å². The van der Waals surface area contributed by atoms with Gasteiger partial charge in [-0.15, -0.1) is 11.8 Å². The summed E-state index contributed by atoms with van der Waals surface area (Å²) in [5.41, 5.74) is 0. The Morgan fingerprint density at radius 3 is 2.71 bits per heavy atom. The van der Waals surface area contributed by atoms with Crippen molar-refractivity contribution in [2.24, 2.45) is 5.92 Å². The molecule has 0 radical (unpaired) electrons. The molecule has 0 bridgehead atoms. The van der Waals surface area contributed by atoms with Gasteiger partial charge >= 0.3 is 5.97 Å². The van der Waals surface area contributed by atoms with Gasteiger partial charge in [0.2, 0.25) is 5.91 Å². The summed E-state index contributed by atoms with van der Waals surface area (Å²) in [5.74, 6) is 0.598. The Labute approximate surface area is 105 Å². The highest BCUT2D eigenvalue weighted by Crippen LogP contribution is 2.24. The maximum absolute atomic E-state index is 12.1. The van der Waals surface area contributed by atoms with E-state index in [0.29, 0.717) is 24.0 Å². The molecule has 0 aromatic heterocycles. The van der Waals surface area contributed by atoms with Gasteiger partial charge in [0.25, 0.3) is 0 Å². The number of rotatable bonds is 3. The molecule has 5 nitrogen and oxygen atoms in total. The van der Waals surface area contributed by atoms with Crippen LogP contribution in [0, 0.1) is 5.92 Å². The lowest BCUT2D eigenvalue weighted by atomic mass is 9.94. The molecule has 2 saturated heterocycles. The first-order chi connectivity index (χ1) is 8.18. The van der Waals surface area contributed by atoms with Gasteiger partial charge < -0.3 is 15.3 Å². The molecule has 1 unspecified atom stereocenters. The lowest BCUT2D eigenvalue weighted by Crippen LogP contribution is -2.43. The van der Waals surface area contributed by atoms with Crippen LogP contribution < -0.4 is 5.32 Å². The van der Waals surface area contributed by atoms with Gasteiger partial charge in [-0.2, -0.15) is 0 Å². The number of amides is 1. The summed E-state index contributed by atoms with van der Waals surface area (Å²) in [4.78, 5) is 24.6. The van der Waals surface area contributed by atoms with Crippen molar-refractivity contribution in [2.45, 2.75) is 25.3 Å². The second-order valence-electron chi connectivity index (χ2n) is 4.61. The van der Waals surface area contributed by atoms with Crippen molar-refractivity contribution >= 4 is 23.6 Å². The van der Waals surface area contributed by atoms with Crippen LogP contribution in [0.25, 0.3) is 0 Å². The highest BCUT2D eigenvalue weighted by molar-refractivity contribution is 7.99. The smallest absolute Gasteiger partial charge is 0.327 e. The largest absolute Gasteiger partial charge is 0.480 e. The zero-order valence-electron chi connectivity index (χ0n) is 9.72. The standard InChI is InChI=1S/C11H18N2O3S/c14-10(5-8-1-3-12-4-2-8)13-7-17-6-9(13)11(15)16/h8-9,12H,1-7H2,(H,15,16). The summed E-state index contributed by atoms with van der Waals surface area (Å²) >= 11 is 1.52. The predicted molar refractivity (Wildman–Crippen MR) is 65.8 cm³/mol. The van der Waals surface area contributed by atoms with Gasteiger partial charge in [0.1, 0.15) is 6.04 Å². The average molecular weight is 258 g/mol. The van der Waals surface area contributed by atoms with E-state index >= 15 is 0 Å². The summed E-state index contributed by atoms with van der Waals surface area (Å²) in [5, 5.41) is 12.3. The molecule has 0 aromatic carbocycles. The Morgan fingerprint density at radius 1 is 1.35 bits per heavy atom. The lowest BCUT2D eigenvalue weighted by Gasteiger charge is -2.26. The molecular weight excluding hydrogens is 240 g/mol. The predicted octanol–water partition coefficient (Wildman–Crippen LogP) is 0.362. The van der Waals surface area contributed by atoms with Crippen LogP contribution in [0.2, 0.25) is 0 Å². The molecular formula is C11H18N2O3S. The number of hydrogen-bond donors (Lipinski definition) is 2. The number of aliphatic carboxylic acids is 1. The molecule has 2 aliphatic rings. The third kappa shape index (κ3) is 3.13. The molecule has 17 heavy (non-hydrogen) atoms. The van der Waals surface area contributed by atoms with Crippen molar-refractivity contribution in [3.8, 4) is 0 Å². The number of hydrogen-bond acceptors (Lipinski definition) is 4. The van der Waals surface area contributed by atoms with Crippen molar-refractivity contribution in [1.29, 1.82) is 0 Å². The second kappa shape index (κ2) is 5.73. The Morgan fingerprint density at radius 2 is 2.06 bits per heavy atom. The van der Waals surface area contributed by atoms with Crippen molar-refractivity contribution in [1.82, 2.24) is 10.2 Å². The number of nitrogens with one attached hydrogen (secondary N) is 1. The van der Waals surface area contributed by atoms with Crippen molar-refractivity contribution in [2.75, 3.05) is 24.7 Å². The van der Waals surface area contributed by atoms with Crippen LogP contribution in [0.15, 0.2) is 0 Å². The molecule has 0 saturated carbocycles. The van der Waals surface area contributed by atoms with Gasteiger partial charge in [-0.05, 0) is 31.8 Å². The zero-order chi connectivity index (χ0) is 12.3. The van der Waals surface area contributed by atoms with Gasteiger partial charge in [0, 0.05) is 12.2 Å². The molecule has 0 spiro atoms. The van der Waals surface area contributed by atoms with Gasteiger partial charge in [0.05, 0.1) is 5.88 Å². The van der Waals surface area contributed by atoms with Crippen LogP contribution in [0.5, 0.6) is 0 Å². The molecule has 0 aliphatic carbocycles. The van der Waals surface area contributed by atoms with E-state index in [1.165, 1.54) is 16.7 Å². The van der Waals surface area contributed by atoms with E-state index in [-0.39, 0.29) is 5.91 Å². The fourth-order valence-electron chi connectivity index (χ4n) is 2.34. The first-order valence-electron chi connectivity index (χ1n) is 5.99. The molecule has 2 aliphatic heterocycles. The van der Waals surface area contributed by atoms with Crippen LogP contribution in [0.3, 0.4) is 0 Å². The SMILES string of the molecule is O=C(O)C1CSCN1C(=O)CC1CCNCC1. The number of carbonyl (C=O) groups excluding carboxylic acids is 1. The Hall–Kier alpha value is -0.750. The Bertz CT molecular complexity index is 305. The highest BCUT2D eigenvalue weighted by atomic mass is 32.2. The fourth-order valence-corrected chi connectivity index (χ4v) is 3.51. The minimum absolute atomic E-state index is 0.00861. The number of carboxylic acids is 1. The maximum Gasteiger partial charge on any atom is 0.327 e. The van der Waals surface area contributed by atoms with Crippen LogP contribution in [0.1, 0.15) is 19.3 Å². The fraction of sp³-hybridized carbons (Fsp3) is 0.818. The van der Waals surface area contributed by atoms with Gasteiger partial charge in [0.15, 0.2) is 0 Å². The number of nitrogens with zero attached hydrogens (tertiary/aromatic N) is 1. The molecule has 1 atom stereocenters. The normalized spacial score (nSPS) is 26.1. The van der Waals surface area contributed by atoms with Crippen LogP contribution in [-0.2, 0) is 9.59 Å². The molecule has 0 aromatic rings. The van der Waals surface area contributed by atoms with Crippen LogP contribution in [-0.4, -0.2) is 52.6 Å². The maximum atomic E-state index is 12.1. The molecule has 2 fully saturated rings. The zero-order valence-corrected chi connectivity index (χ0v) is 10.5. The van der Waals surface area contributed by atoms with Gasteiger partial charge in [-0.3, -0.25) is 4.79 Å². The molecule has 2 N–H and O–H groups in total.